The summed E-state index contributed by atoms with van der Waals surface area (Å²) in [5.74, 6) is 0.514. The fraction of sp³-hybridized carbons (Fsp3) is 1.00. The predicted octanol–water partition coefficient (Wildman–Crippen LogP) is 1.45. The van der Waals surface area contributed by atoms with Crippen LogP contribution in [0.5, 0.6) is 0 Å². The normalized spacial score (nSPS) is 15.2. The fourth-order valence-electron chi connectivity index (χ4n) is 0.917. The lowest BCUT2D eigenvalue weighted by Crippen LogP contribution is -2.39. The Balaban J connectivity index is 3.93. The third-order valence-corrected chi connectivity index (χ3v) is 3.10. The monoisotopic (exact) mass is 186 g/mol. The van der Waals surface area contributed by atoms with Crippen LogP contribution < -0.4 is 0 Å². The van der Waals surface area contributed by atoms with E-state index in [2.05, 4.69) is 50.1 Å². The maximum Gasteiger partial charge on any atom is 0.246 e. The first-order valence-electron chi connectivity index (χ1n) is 4.47. The first-order chi connectivity index (χ1) is 5.44. The van der Waals surface area contributed by atoms with Crippen molar-refractivity contribution in [2.75, 3.05) is 20.1 Å². The molecule has 0 bridgehead atoms. The Hall–Kier alpha value is 0.137. The van der Waals surface area contributed by atoms with E-state index >= 15 is 0 Å². The molecule has 0 spiro atoms. The second kappa shape index (κ2) is 4.99. The van der Waals surface area contributed by atoms with Crippen molar-refractivity contribution in [3.05, 3.63) is 0 Å². The fourth-order valence-corrected chi connectivity index (χ4v) is 1.12. The highest BCUT2D eigenvalue weighted by Crippen LogP contribution is 2.20. The summed E-state index contributed by atoms with van der Waals surface area (Å²) in [5, 5.41) is 0. The Morgan fingerprint density at radius 1 is 1.50 bits per heavy atom. The van der Waals surface area contributed by atoms with Gasteiger partial charge in [-0.15, -0.1) is 0 Å². The van der Waals surface area contributed by atoms with Gasteiger partial charge >= 0.3 is 0 Å². The molecule has 71 valence electrons. The lowest BCUT2D eigenvalue weighted by atomic mass is 9.92. The van der Waals surface area contributed by atoms with E-state index in [1.165, 1.54) is 0 Å². The Kier molecular flexibility index (Phi) is 5.05. The van der Waals surface area contributed by atoms with E-state index < -0.39 is 0 Å². The molecule has 12 heavy (non-hydrogen) atoms. The van der Waals surface area contributed by atoms with Crippen molar-refractivity contribution in [3.63, 3.8) is 0 Å². The number of nitrogens with zero attached hydrogens (tertiary/aromatic N) is 1. The summed E-state index contributed by atoms with van der Waals surface area (Å²) in [7, 11) is 5.24. The Morgan fingerprint density at radius 2 is 2.00 bits per heavy atom. The van der Waals surface area contributed by atoms with Gasteiger partial charge in [-0.1, -0.05) is 13.8 Å². The van der Waals surface area contributed by atoms with Gasteiger partial charge in [-0.2, -0.15) is 0 Å². The van der Waals surface area contributed by atoms with Gasteiger partial charge in [0, 0.05) is 6.54 Å². The topological polar surface area (TPSA) is 12.5 Å². The predicted molar refractivity (Wildman–Crippen MR) is 53.3 cm³/mol. The van der Waals surface area contributed by atoms with Gasteiger partial charge < -0.3 is 9.33 Å². The van der Waals surface area contributed by atoms with Gasteiger partial charge in [-0.05, 0) is 33.4 Å². The minimum Gasteiger partial charge on any atom is -0.413 e. The summed E-state index contributed by atoms with van der Waals surface area (Å²) in [6, 6.07) is 0. The van der Waals surface area contributed by atoms with Crippen molar-refractivity contribution in [1.82, 2.24) is 4.90 Å². The highest BCUT2D eigenvalue weighted by atomic mass is 28.2. The summed E-state index contributed by atoms with van der Waals surface area (Å²) in [4.78, 5) is 2.29. The van der Waals surface area contributed by atoms with Crippen LogP contribution in [0.2, 0.25) is 0 Å². The molecule has 0 heterocycles. The molecule has 0 aromatic heterocycles. The van der Waals surface area contributed by atoms with E-state index in [9.17, 15) is 0 Å². The average Bonchev–Trinajstić information content (AvgIpc) is 2.04. The van der Waals surface area contributed by atoms with E-state index in [0.29, 0.717) is 5.92 Å². The molecule has 2 nitrogen and oxygen atoms in total. The summed E-state index contributed by atoms with van der Waals surface area (Å²) >= 11 is 0. The Morgan fingerprint density at radius 3 is 2.33 bits per heavy atom. The van der Waals surface area contributed by atoms with Crippen molar-refractivity contribution in [2.45, 2.75) is 33.3 Å². The Labute approximate surface area is 79.8 Å². The van der Waals surface area contributed by atoms with Crippen LogP contribution in [-0.2, 0) is 4.43 Å². The largest absolute Gasteiger partial charge is 0.413 e. The molecule has 0 saturated heterocycles. The summed E-state index contributed by atoms with van der Waals surface area (Å²) < 4.78 is 5.22. The van der Waals surface area contributed by atoms with Crippen molar-refractivity contribution in [2.24, 2.45) is 5.92 Å². The molecular formula is C9H20NOSi. The third-order valence-electron chi connectivity index (χ3n) is 2.58. The molecule has 1 atom stereocenters. The molecule has 0 aliphatic carbocycles. The van der Waals surface area contributed by atoms with Gasteiger partial charge in [0.05, 0.1) is 5.60 Å². The van der Waals surface area contributed by atoms with Crippen LogP contribution in [-0.4, -0.2) is 41.1 Å². The van der Waals surface area contributed by atoms with Crippen molar-refractivity contribution >= 4 is 10.5 Å². The van der Waals surface area contributed by atoms with Crippen molar-refractivity contribution in [1.29, 1.82) is 0 Å². The van der Waals surface area contributed by atoms with E-state index in [4.69, 9.17) is 4.43 Å². The Bertz CT molecular complexity index is 128. The van der Waals surface area contributed by atoms with Gasteiger partial charge in [-0.25, -0.2) is 0 Å². The van der Waals surface area contributed by atoms with Crippen LogP contribution >= 0.6 is 0 Å². The van der Waals surface area contributed by atoms with Gasteiger partial charge in [0.15, 0.2) is 0 Å². The SMILES string of the molecule is CCN(C)CC(C)C(C)(C)O[Si]. The molecule has 3 heteroatoms. The van der Waals surface area contributed by atoms with E-state index in [1.807, 2.05) is 0 Å². The maximum atomic E-state index is 5.22. The smallest absolute Gasteiger partial charge is 0.246 e. The molecule has 0 aliphatic heterocycles. The van der Waals surface area contributed by atoms with Crippen LogP contribution in [0.4, 0.5) is 0 Å². The average molecular weight is 186 g/mol. The first-order valence-corrected chi connectivity index (χ1v) is 4.88. The van der Waals surface area contributed by atoms with Crippen molar-refractivity contribution < 1.29 is 4.43 Å². The second-order valence-electron chi connectivity index (χ2n) is 3.96. The number of rotatable bonds is 5. The quantitative estimate of drug-likeness (QED) is 0.603. The molecule has 0 fully saturated rings. The summed E-state index contributed by atoms with van der Waals surface area (Å²) in [5.41, 5.74) is -0.0969. The van der Waals surface area contributed by atoms with Gasteiger partial charge in [0.25, 0.3) is 0 Å². The maximum absolute atomic E-state index is 5.22. The van der Waals surface area contributed by atoms with Gasteiger partial charge in [-0.3, -0.25) is 0 Å². The van der Waals surface area contributed by atoms with E-state index in [0.717, 1.165) is 13.1 Å². The zero-order chi connectivity index (χ0) is 9.78. The molecule has 0 aromatic rings. The van der Waals surface area contributed by atoms with Crippen LogP contribution in [0.15, 0.2) is 0 Å². The van der Waals surface area contributed by atoms with Gasteiger partial charge in [0.2, 0.25) is 10.5 Å². The molecule has 0 saturated carbocycles. The molecular weight excluding hydrogens is 166 g/mol. The molecule has 0 N–H and O–H groups in total. The molecule has 0 rings (SSSR count). The highest BCUT2D eigenvalue weighted by Gasteiger charge is 2.25. The first kappa shape index (κ1) is 12.1. The molecule has 0 aliphatic rings. The van der Waals surface area contributed by atoms with Crippen LogP contribution in [0.1, 0.15) is 27.7 Å². The highest BCUT2D eigenvalue weighted by molar-refractivity contribution is 5.98. The number of hydrogen-bond acceptors (Lipinski definition) is 2. The van der Waals surface area contributed by atoms with Crippen LogP contribution in [0, 0.1) is 5.92 Å². The minimum atomic E-state index is -0.0969. The van der Waals surface area contributed by atoms with Crippen molar-refractivity contribution in [3.8, 4) is 0 Å². The standard InChI is InChI=1S/C9H20NOSi/c1-6-10(5)7-8(2)9(3,4)11-12/h8H,6-7H2,1-5H3. The lowest BCUT2D eigenvalue weighted by molar-refractivity contribution is 0.0457. The zero-order valence-electron chi connectivity index (χ0n) is 8.85. The summed E-state index contributed by atoms with van der Waals surface area (Å²) in [6.45, 7) is 10.7. The summed E-state index contributed by atoms with van der Waals surface area (Å²) in [6.07, 6.45) is 0. The van der Waals surface area contributed by atoms with Gasteiger partial charge in [0.1, 0.15) is 0 Å². The third kappa shape index (κ3) is 3.69. The van der Waals surface area contributed by atoms with E-state index in [-0.39, 0.29) is 5.60 Å². The van der Waals surface area contributed by atoms with Crippen LogP contribution in [0.3, 0.4) is 0 Å². The molecule has 3 radical (unpaired) electrons. The molecule has 0 amide bonds. The molecule has 0 aromatic carbocycles. The zero-order valence-corrected chi connectivity index (χ0v) is 9.85. The minimum absolute atomic E-state index is 0.0969. The second-order valence-corrected chi connectivity index (χ2v) is 4.17. The van der Waals surface area contributed by atoms with Crippen LogP contribution in [0.25, 0.3) is 0 Å². The number of hydrogen-bond donors (Lipinski definition) is 0. The molecule has 1 unspecified atom stereocenters. The van der Waals surface area contributed by atoms with E-state index in [1.54, 1.807) is 0 Å². The lowest BCUT2D eigenvalue weighted by Gasteiger charge is -2.33.